The van der Waals surface area contributed by atoms with E-state index in [1.165, 1.54) is 87.5 Å². The Kier molecular flexibility index (Phi) is 45.5. The van der Waals surface area contributed by atoms with E-state index in [9.17, 15) is 45.7 Å². The molecule has 12 rings (SSSR count). The number of carbonyl (C=O) groups excluding carboxylic acids is 1. The van der Waals surface area contributed by atoms with Crippen molar-refractivity contribution in [2.45, 2.75) is 369 Å². The Morgan fingerprint density at radius 3 is 1.33 bits per heavy atom. The SMILES string of the molecule is C.C=C1CC[C@H](O)C/C1=C/C=C1\CCCC2(C)C1CCC2[C@H](C)/C=C/[C@H](C)C(C)C.CC(C)(C)[Si](C)(C)Cl.C[C@H](CO)C1CCC2[C@@H](O)CCCC12C.Cc1ccc(S(=O)(=O)Cl)cc1.Cc1ccc(S(=O)(=O)OC[C@@H](C)C2CCC3[C@@H](O)CCCC23C)cc1.Cc1ccc(S(=O)(=O)OC[C@@H](C)C2CCC3[C@@H](O[Si](C)(C)C(C)(C)C)CCCC23C)cc1.O=CO[O-].[Na+]. The number of carbonyl (C=O) groups is 1. The van der Waals surface area contributed by atoms with E-state index >= 15 is 0 Å². The van der Waals surface area contributed by atoms with E-state index in [0.29, 0.717) is 81.8 Å². The van der Waals surface area contributed by atoms with Crippen LogP contribution in [0.15, 0.2) is 135 Å². The molecule has 0 radical (unpaired) electrons. The van der Waals surface area contributed by atoms with Gasteiger partial charge in [-0.05, 0) is 319 Å². The molecular formula is C102H169Cl2NaO16S3Si2. The molecule has 0 aromatic heterocycles. The number of halogens is 2. The molecule has 0 heterocycles. The first-order valence-electron chi connectivity index (χ1n) is 46.8. The number of hydrogen-bond acceptors (Lipinski definition) is 16. The van der Waals surface area contributed by atoms with Crippen molar-refractivity contribution in [3.8, 4) is 0 Å². The first-order valence-corrected chi connectivity index (χ1v) is 58.9. The molecule has 0 amide bonds. The maximum atomic E-state index is 12.7. The molecule has 0 bridgehead atoms. The van der Waals surface area contributed by atoms with E-state index in [0.717, 1.165) is 118 Å². The van der Waals surface area contributed by atoms with Crippen LogP contribution in [0.3, 0.4) is 0 Å². The number of aliphatic hydroxyl groups is 4. The van der Waals surface area contributed by atoms with Crippen molar-refractivity contribution >= 4 is 73.2 Å². The smallest absolute Gasteiger partial charge is 0.662 e. The molecule has 21 atom stereocenters. The van der Waals surface area contributed by atoms with Crippen LogP contribution in [0, 0.1) is 125 Å². The molecule has 0 aliphatic heterocycles. The Balaban J connectivity index is 0.000000328. The van der Waals surface area contributed by atoms with Gasteiger partial charge in [0.1, 0.15) is 0 Å². The van der Waals surface area contributed by atoms with Gasteiger partial charge in [-0.15, -0.1) is 0 Å². The van der Waals surface area contributed by atoms with Crippen molar-refractivity contribution < 1.29 is 103 Å². The van der Waals surface area contributed by atoms with Crippen molar-refractivity contribution in [1.29, 1.82) is 0 Å². The predicted octanol–water partition coefficient (Wildman–Crippen LogP) is 21.9. The third-order valence-corrected chi connectivity index (χ3v) is 46.1. The van der Waals surface area contributed by atoms with Gasteiger partial charge >= 0.3 is 29.6 Å². The largest absolute Gasteiger partial charge is 1.00 e. The molecule has 9 aliphatic rings. The third-order valence-electron chi connectivity index (χ3n) is 32.4. The van der Waals surface area contributed by atoms with Gasteiger partial charge in [0, 0.05) is 23.4 Å². The Bertz CT molecular complexity index is 4280. The van der Waals surface area contributed by atoms with Crippen molar-refractivity contribution in [2.24, 2.45) is 105 Å². The summed E-state index contributed by atoms with van der Waals surface area (Å²) in [5, 5.41) is 48.7. The van der Waals surface area contributed by atoms with E-state index in [-0.39, 0.29) is 117 Å². The number of rotatable bonds is 21. The minimum absolute atomic E-state index is 0. The maximum Gasteiger partial charge on any atom is 1.00 e. The number of aliphatic hydroxyl groups excluding tert-OH is 4. The molecular weight excluding hydrogens is 1730 g/mol. The molecule has 0 saturated heterocycles. The van der Waals surface area contributed by atoms with E-state index in [1.807, 2.05) is 32.9 Å². The van der Waals surface area contributed by atoms with Gasteiger partial charge in [0.15, 0.2) is 15.7 Å². The second kappa shape index (κ2) is 49.4. The van der Waals surface area contributed by atoms with Gasteiger partial charge in [0.2, 0.25) is 0 Å². The van der Waals surface area contributed by atoms with Gasteiger partial charge in [-0.25, -0.2) is 8.42 Å². The second-order valence-electron chi connectivity index (χ2n) is 43.4. The molecule has 3 aromatic carbocycles. The minimum Gasteiger partial charge on any atom is -0.662 e. The summed E-state index contributed by atoms with van der Waals surface area (Å²) in [6.45, 7) is 58.6. The molecule has 9 fully saturated rings. The monoisotopic (exact) mass is 1900 g/mol. The van der Waals surface area contributed by atoms with Gasteiger partial charge in [-0.2, -0.15) is 27.9 Å². The number of fused-ring (bicyclic) bond motifs is 4. The standard InChI is InChI=1S/C28H44O.C26H44O4SSi.C20H30O4S.C13H24O2.C7H7ClO2S.C6H15ClSi.CH2O3.CH4.Na/c1-19(2)20(3)9-10-22(5)26-15-16-27-23(8-7-17-28(26,27)6)12-13-24-18-25(29)14-11-21(24)4;1-19-11-13-21(14-12-19)31(27,28)29-18-20(2)22-15-16-23-24(10-9-17-26(22,23)6)30-32(7,8)25(3,4)5;1-14-6-8-16(9-7-14)25(22,23)24-13-15(2)17-10-11-18-19(21)5-4-12-20(17,18)3;1-9(8-14)10-5-6-11-12(15)4-3-7-13(10,11)2;1-6-2-4-7(5-3-6)11(8,9)10;1-6(2,3)8(4,5)7;2-1-4-3;;/h9-10,12-13,19-20,22,25-27,29H,4,7-8,11,14-18H2,1-3,5-6H3;11-14,20,22-24H,9-10,15-18H2,1-8H3;6-9,15,17-19,21H,4-5,10-13H2,1-3H3;9-12,14-15H,3-8H2,1-2H3;2-5H,1H3;1-5H3;1,3H;1H4;/q;;;;;;;;+1/p-1/b10-9+,23-12+,24-13-;;;;;;;;/t20-,22+,25-,26?,27?,28?;20-,22?,23?,24+,26?;15-,17?,18?,19+,20?;9-,10?,11?,12+,13?;;;;;/m0111...../s1. The van der Waals surface area contributed by atoms with Gasteiger partial charge in [-0.3, -0.25) is 13.2 Å². The van der Waals surface area contributed by atoms with Crippen molar-refractivity contribution in [2.75, 3.05) is 19.8 Å². The molecule has 0 spiro atoms. The summed E-state index contributed by atoms with van der Waals surface area (Å²) in [5.74, 6) is 7.20. The molecule has 4 N–H and O–H groups in total. The van der Waals surface area contributed by atoms with Gasteiger partial charge < -0.3 is 35.0 Å². The summed E-state index contributed by atoms with van der Waals surface area (Å²) in [6, 6.07) is 20.0. The van der Waals surface area contributed by atoms with Crippen molar-refractivity contribution in [3.05, 3.63) is 137 Å². The average molecular weight is 1900 g/mol. The Morgan fingerprint density at radius 2 is 0.929 bits per heavy atom. The first-order chi connectivity index (χ1) is 57.4. The van der Waals surface area contributed by atoms with Crippen LogP contribution in [-0.4, -0.2) is 112 Å². The number of hydrogen-bond donors (Lipinski definition) is 4. The van der Waals surface area contributed by atoms with Crippen molar-refractivity contribution in [1.82, 2.24) is 0 Å². The zero-order valence-electron chi connectivity index (χ0n) is 81.5. The fourth-order valence-corrected chi connectivity index (χ4v) is 26.4. The molecule has 9 saturated carbocycles. The fraction of sp³-hybridized carbons (Fsp3) is 0.735. The summed E-state index contributed by atoms with van der Waals surface area (Å²) in [6.07, 6.45) is 35.6. The normalized spacial score (nSPS) is 30.9. The van der Waals surface area contributed by atoms with Crippen LogP contribution in [0.25, 0.3) is 0 Å². The van der Waals surface area contributed by atoms with Gasteiger partial charge in [0.05, 0.1) is 46.2 Å². The summed E-state index contributed by atoms with van der Waals surface area (Å²) in [5.41, 5.74) is 8.26. The fourth-order valence-electron chi connectivity index (χ4n) is 22.3. The van der Waals surface area contributed by atoms with Crippen LogP contribution < -0.4 is 34.8 Å². The van der Waals surface area contributed by atoms with E-state index < -0.39 is 45.0 Å². The topological polar surface area (TPSA) is 260 Å². The molecule has 126 heavy (non-hydrogen) atoms. The third kappa shape index (κ3) is 31.1. The van der Waals surface area contributed by atoms with Crippen molar-refractivity contribution in [3.63, 3.8) is 0 Å². The Labute approximate surface area is 799 Å². The van der Waals surface area contributed by atoms with E-state index in [2.05, 4.69) is 180 Å². The number of aryl methyl sites for hydroxylation is 3. The second-order valence-corrected chi connectivity index (χ2v) is 61.2. The first kappa shape index (κ1) is 116. The molecule has 24 heteroatoms. The predicted molar refractivity (Wildman–Crippen MR) is 519 cm³/mol. The van der Waals surface area contributed by atoms with Gasteiger partial charge in [-0.1, -0.05) is 253 Å². The minimum atomic E-state index is -3.72. The molecule has 9 aliphatic carbocycles. The van der Waals surface area contributed by atoms with Gasteiger partial charge in [0.25, 0.3) is 35.8 Å². The van der Waals surface area contributed by atoms with Crippen LogP contribution in [0.4, 0.5) is 0 Å². The number of benzene rings is 3. The Morgan fingerprint density at radius 1 is 0.540 bits per heavy atom. The molecule has 12 unspecified atom stereocenters. The molecule has 16 nitrogen and oxygen atoms in total. The molecule has 714 valence electrons. The summed E-state index contributed by atoms with van der Waals surface area (Å²) < 4.78 is 89.5. The van der Waals surface area contributed by atoms with Crippen LogP contribution in [0.2, 0.25) is 36.3 Å². The molecule has 3 aromatic rings. The Hall–Kier alpha value is -2.37. The van der Waals surface area contributed by atoms with Crippen LogP contribution >= 0.6 is 21.8 Å². The van der Waals surface area contributed by atoms with Crippen LogP contribution in [0.1, 0.15) is 289 Å². The maximum absolute atomic E-state index is 12.7. The summed E-state index contributed by atoms with van der Waals surface area (Å²) in [4.78, 5) is 11.9. The summed E-state index contributed by atoms with van der Waals surface area (Å²) in [7, 11) is -9.10. The van der Waals surface area contributed by atoms with Crippen LogP contribution in [0.5, 0.6) is 0 Å². The zero-order valence-corrected chi connectivity index (χ0v) is 89.4. The average Bonchev–Trinajstić information content (AvgIpc) is 1.60. The zero-order chi connectivity index (χ0) is 93.3. The number of allylic oxidation sites excluding steroid dienone is 6. The summed E-state index contributed by atoms with van der Waals surface area (Å²) >= 11 is 6.15. The quantitative estimate of drug-likeness (QED) is 0.0113. The van der Waals surface area contributed by atoms with Crippen LogP contribution in [-0.2, 0) is 51.8 Å². The van der Waals surface area contributed by atoms with E-state index in [1.54, 1.807) is 54.1 Å². The van der Waals surface area contributed by atoms with E-state index in [4.69, 9.17) is 44.6 Å².